The Morgan fingerprint density at radius 1 is 0.453 bits per heavy atom. The Bertz CT molecular complexity index is 3080. The summed E-state index contributed by atoms with van der Waals surface area (Å²) in [4.78, 5) is 11.0. The Morgan fingerprint density at radius 3 is 1.72 bits per heavy atom. The van der Waals surface area contributed by atoms with Crippen molar-refractivity contribution in [2.45, 2.75) is 19.3 Å². The highest BCUT2D eigenvalue weighted by atomic mass is 15.0. The summed E-state index contributed by atoms with van der Waals surface area (Å²) in [6.45, 7) is 4.58. The molecule has 0 radical (unpaired) electrons. The lowest BCUT2D eigenvalue weighted by atomic mass is 9.85. The Labute approximate surface area is 307 Å². The Morgan fingerprint density at radius 2 is 1.00 bits per heavy atom. The van der Waals surface area contributed by atoms with Crippen molar-refractivity contribution in [3.05, 3.63) is 181 Å². The largest absolute Gasteiger partial charge is 0.309 e. The van der Waals surface area contributed by atoms with Crippen molar-refractivity contribution in [3.63, 3.8) is 0 Å². The molecule has 11 rings (SSSR count). The van der Waals surface area contributed by atoms with Crippen LogP contribution in [0.15, 0.2) is 170 Å². The zero-order chi connectivity index (χ0) is 35.3. The van der Waals surface area contributed by atoms with Gasteiger partial charge >= 0.3 is 0 Å². The molecule has 1 aliphatic carbocycles. The second-order valence-corrected chi connectivity index (χ2v) is 14.6. The molecule has 7 aromatic carbocycles. The summed E-state index contributed by atoms with van der Waals surface area (Å²) in [5.74, 6) is 0.728. The fourth-order valence-electron chi connectivity index (χ4n) is 8.87. The molecular formula is C49H34N4. The van der Waals surface area contributed by atoms with Crippen molar-refractivity contribution in [2.24, 2.45) is 0 Å². The van der Waals surface area contributed by atoms with Crippen LogP contribution in [0.4, 0.5) is 0 Å². The summed E-state index contributed by atoms with van der Waals surface area (Å²) in [5, 5.41) is 4.87. The van der Waals surface area contributed by atoms with Crippen LogP contribution in [0.5, 0.6) is 0 Å². The van der Waals surface area contributed by atoms with Gasteiger partial charge in [0.2, 0.25) is 0 Å². The molecule has 0 N–H and O–H groups in total. The minimum atomic E-state index is -0.284. The first-order chi connectivity index (χ1) is 26.1. The molecule has 53 heavy (non-hydrogen) atoms. The Hall–Kier alpha value is -6.78. The molecule has 4 nitrogen and oxygen atoms in total. The third-order valence-corrected chi connectivity index (χ3v) is 11.3. The van der Waals surface area contributed by atoms with E-state index >= 15 is 0 Å². The zero-order valence-electron chi connectivity index (χ0n) is 29.5. The summed E-state index contributed by atoms with van der Waals surface area (Å²) in [6, 6.07) is 60.9. The van der Waals surface area contributed by atoms with Crippen LogP contribution in [0.3, 0.4) is 0 Å². The molecule has 3 aromatic heterocycles. The van der Waals surface area contributed by atoms with Crippen LogP contribution in [0.25, 0.3) is 88.8 Å². The van der Waals surface area contributed by atoms with Gasteiger partial charge in [-0.25, -0.2) is 9.97 Å². The SMILES string of the molecule is CC1(C)c2ccccc2-c2c(-c3ccccc3)nc(-c3ccccc3-n3c4ccccc4c4cc5c(cc43)c3ccccc3n5-c3ccccc3)nc21. The molecule has 4 heteroatoms. The molecule has 0 saturated carbocycles. The van der Waals surface area contributed by atoms with Gasteiger partial charge in [-0.2, -0.15) is 0 Å². The predicted molar refractivity (Wildman–Crippen MR) is 219 cm³/mol. The topological polar surface area (TPSA) is 35.6 Å². The third-order valence-electron chi connectivity index (χ3n) is 11.3. The van der Waals surface area contributed by atoms with Crippen molar-refractivity contribution in [2.75, 3.05) is 0 Å². The summed E-state index contributed by atoms with van der Waals surface area (Å²) in [6.07, 6.45) is 0. The molecular weight excluding hydrogens is 645 g/mol. The molecule has 1 aliphatic rings. The maximum absolute atomic E-state index is 5.51. The lowest BCUT2D eigenvalue weighted by Crippen LogP contribution is -2.17. The molecule has 0 saturated heterocycles. The fraction of sp³-hybridized carbons (Fsp3) is 0.0612. The number of hydrogen-bond acceptors (Lipinski definition) is 2. The van der Waals surface area contributed by atoms with Crippen LogP contribution in [0.1, 0.15) is 25.1 Å². The van der Waals surface area contributed by atoms with E-state index in [1.807, 2.05) is 0 Å². The molecule has 0 fully saturated rings. The maximum atomic E-state index is 5.51. The van der Waals surface area contributed by atoms with Crippen LogP contribution >= 0.6 is 0 Å². The molecule has 10 aromatic rings. The number of fused-ring (bicyclic) bond motifs is 9. The van der Waals surface area contributed by atoms with E-state index in [1.165, 1.54) is 43.7 Å². The van der Waals surface area contributed by atoms with E-state index in [4.69, 9.17) is 9.97 Å². The van der Waals surface area contributed by atoms with Gasteiger partial charge in [-0.3, -0.25) is 0 Å². The summed E-state index contributed by atoms with van der Waals surface area (Å²) in [7, 11) is 0. The van der Waals surface area contributed by atoms with E-state index in [9.17, 15) is 0 Å². The Balaban J connectivity index is 1.22. The molecule has 0 bridgehead atoms. The highest BCUT2D eigenvalue weighted by Crippen LogP contribution is 2.51. The molecule has 3 heterocycles. The maximum Gasteiger partial charge on any atom is 0.162 e. The first kappa shape index (κ1) is 29.9. The molecule has 250 valence electrons. The van der Waals surface area contributed by atoms with Gasteiger partial charge in [0, 0.05) is 49.3 Å². The van der Waals surface area contributed by atoms with E-state index in [0.717, 1.165) is 56.3 Å². The summed E-state index contributed by atoms with van der Waals surface area (Å²) >= 11 is 0. The molecule has 0 aliphatic heterocycles. The van der Waals surface area contributed by atoms with Crippen molar-refractivity contribution in [3.8, 4) is 45.1 Å². The summed E-state index contributed by atoms with van der Waals surface area (Å²) in [5.41, 5.74) is 14.4. The number of nitrogens with zero attached hydrogens (tertiary/aromatic N) is 4. The minimum Gasteiger partial charge on any atom is -0.309 e. The lowest BCUT2D eigenvalue weighted by molar-refractivity contribution is 0.636. The number of benzene rings is 7. The molecule has 0 atom stereocenters. The second kappa shape index (κ2) is 11.1. The lowest BCUT2D eigenvalue weighted by Gasteiger charge is -2.21. The Kier molecular flexibility index (Phi) is 6.27. The predicted octanol–water partition coefficient (Wildman–Crippen LogP) is 12.3. The van der Waals surface area contributed by atoms with Crippen LogP contribution in [-0.2, 0) is 5.41 Å². The first-order valence-electron chi connectivity index (χ1n) is 18.3. The standard InChI is InChI=1S/C49H34N4/c1-49(2)39-25-13-9-23-35(39)45-46(31-17-5-3-6-18-31)50-48(51-47(45)49)36-24-12-16-28-42(36)53-41-27-15-11-22-34(41)38-29-43-37(30-44(38)53)33-21-10-14-26-40(33)52(43)32-19-7-4-8-20-32/h3-30H,1-2H3. The van der Waals surface area contributed by atoms with Gasteiger partial charge in [0.1, 0.15) is 0 Å². The van der Waals surface area contributed by atoms with Gasteiger partial charge in [0.15, 0.2) is 5.82 Å². The van der Waals surface area contributed by atoms with Crippen LogP contribution in [0, 0.1) is 0 Å². The van der Waals surface area contributed by atoms with Crippen molar-refractivity contribution < 1.29 is 0 Å². The highest BCUT2D eigenvalue weighted by Gasteiger charge is 2.39. The molecule has 0 spiro atoms. The molecule has 0 amide bonds. The van der Waals surface area contributed by atoms with Gasteiger partial charge in [-0.1, -0.05) is 135 Å². The molecule has 0 unspecified atom stereocenters. The third kappa shape index (κ3) is 4.24. The quantitative estimate of drug-likeness (QED) is 0.186. The van der Waals surface area contributed by atoms with Crippen LogP contribution in [0.2, 0.25) is 0 Å². The van der Waals surface area contributed by atoms with Crippen molar-refractivity contribution in [1.29, 1.82) is 0 Å². The normalized spacial score (nSPS) is 13.2. The smallest absolute Gasteiger partial charge is 0.162 e. The van der Waals surface area contributed by atoms with Crippen LogP contribution < -0.4 is 0 Å². The fourth-order valence-corrected chi connectivity index (χ4v) is 8.87. The van der Waals surface area contributed by atoms with Crippen molar-refractivity contribution in [1.82, 2.24) is 19.1 Å². The van der Waals surface area contributed by atoms with Gasteiger partial charge in [-0.15, -0.1) is 0 Å². The summed E-state index contributed by atoms with van der Waals surface area (Å²) < 4.78 is 4.82. The van der Waals surface area contributed by atoms with E-state index in [1.54, 1.807) is 0 Å². The van der Waals surface area contributed by atoms with Gasteiger partial charge in [0.25, 0.3) is 0 Å². The van der Waals surface area contributed by atoms with Crippen LogP contribution in [-0.4, -0.2) is 19.1 Å². The van der Waals surface area contributed by atoms with Gasteiger partial charge < -0.3 is 9.13 Å². The van der Waals surface area contributed by atoms with Crippen molar-refractivity contribution >= 4 is 43.6 Å². The highest BCUT2D eigenvalue weighted by molar-refractivity contribution is 6.19. The average Bonchev–Trinajstić information content (AvgIpc) is 3.80. The number of aromatic nitrogens is 4. The minimum absolute atomic E-state index is 0.284. The van der Waals surface area contributed by atoms with E-state index in [2.05, 4.69) is 193 Å². The van der Waals surface area contributed by atoms with E-state index < -0.39 is 0 Å². The number of hydrogen-bond donors (Lipinski definition) is 0. The number of para-hydroxylation sites is 4. The number of rotatable bonds is 4. The van der Waals surface area contributed by atoms with Gasteiger partial charge in [0.05, 0.1) is 39.1 Å². The second-order valence-electron chi connectivity index (χ2n) is 14.6. The van der Waals surface area contributed by atoms with E-state index in [0.29, 0.717) is 0 Å². The monoisotopic (exact) mass is 678 g/mol. The zero-order valence-corrected chi connectivity index (χ0v) is 29.5. The van der Waals surface area contributed by atoms with Gasteiger partial charge in [-0.05, 0) is 59.7 Å². The average molecular weight is 679 g/mol. The van der Waals surface area contributed by atoms with E-state index in [-0.39, 0.29) is 5.41 Å². The first-order valence-corrected chi connectivity index (χ1v) is 18.3.